The average molecular weight is 457 g/mol. The molecule has 0 aliphatic carbocycles. The van der Waals surface area contributed by atoms with Gasteiger partial charge in [-0.25, -0.2) is 4.79 Å². The number of hydrogen-bond donors (Lipinski definition) is 1. The van der Waals surface area contributed by atoms with E-state index in [1.165, 1.54) is 0 Å². The van der Waals surface area contributed by atoms with E-state index < -0.39 is 6.04 Å². The molecule has 1 aromatic carbocycles. The molecular weight excluding hydrogens is 424 g/mol. The van der Waals surface area contributed by atoms with Crippen LogP contribution in [-0.4, -0.2) is 93.3 Å². The third-order valence-corrected chi connectivity index (χ3v) is 6.36. The maximum absolute atomic E-state index is 13.6. The van der Waals surface area contributed by atoms with E-state index in [0.717, 1.165) is 45.0 Å². The lowest BCUT2D eigenvalue weighted by Crippen LogP contribution is -2.47. The Morgan fingerprint density at radius 2 is 1.97 bits per heavy atom. The third-order valence-electron chi connectivity index (χ3n) is 6.36. The number of morpholine rings is 1. The van der Waals surface area contributed by atoms with Crippen molar-refractivity contribution in [2.45, 2.75) is 12.5 Å². The minimum absolute atomic E-state index is 0.0593. The number of amides is 3. The predicted molar refractivity (Wildman–Crippen MR) is 123 cm³/mol. The molecule has 0 aromatic heterocycles. The summed E-state index contributed by atoms with van der Waals surface area (Å²) in [6.45, 7) is 9.41. The van der Waals surface area contributed by atoms with Crippen molar-refractivity contribution >= 4 is 11.9 Å². The van der Waals surface area contributed by atoms with Crippen LogP contribution in [0.4, 0.5) is 4.79 Å². The van der Waals surface area contributed by atoms with E-state index in [9.17, 15) is 9.59 Å². The molecule has 0 bridgehead atoms. The van der Waals surface area contributed by atoms with Gasteiger partial charge in [-0.15, -0.1) is 6.58 Å². The lowest BCUT2D eigenvalue weighted by Gasteiger charge is -2.33. The summed E-state index contributed by atoms with van der Waals surface area (Å²) in [5.74, 6) is 1.16. The van der Waals surface area contributed by atoms with E-state index in [1.54, 1.807) is 37.3 Å². The van der Waals surface area contributed by atoms with Crippen LogP contribution in [0.2, 0.25) is 0 Å². The minimum atomic E-state index is -0.615. The Bertz CT molecular complexity index is 941. The van der Waals surface area contributed by atoms with Crippen LogP contribution in [0.25, 0.3) is 0 Å². The SMILES string of the molecule is C=CCN1C(=O)N[C@H](c2cc(OC)ccc2OC)C2=C1CN(CCCN1CCOCC1)C2=O. The number of benzene rings is 1. The first kappa shape index (κ1) is 23.1. The molecule has 0 spiro atoms. The summed E-state index contributed by atoms with van der Waals surface area (Å²) < 4.78 is 16.3. The Hall–Kier alpha value is -3.04. The fraction of sp³-hybridized carbons (Fsp3) is 0.500. The van der Waals surface area contributed by atoms with E-state index in [1.807, 2.05) is 11.0 Å². The number of nitrogens with one attached hydrogen (secondary N) is 1. The van der Waals surface area contributed by atoms with E-state index in [4.69, 9.17) is 14.2 Å². The Balaban J connectivity index is 1.59. The number of urea groups is 1. The van der Waals surface area contributed by atoms with Gasteiger partial charge in [0, 0.05) is 38.3 Å². The number of rotatable bonds is 9. The summed E-state index contributed by atoms with van der Waals surface area (Å²) in [6, 6.07) is 4.52. The van der Waals surface area contributed by atoms with Gasteiger partial charge in [0.1, 0.15) is 11.5 Å². The monoisotopic (exact) mass is 456 g/mol. The molecule has 1 atom stereocenters. The standard InChI is InChI=1S/C24H32N4O5/c1-4-8-28-19-16-27(10-5-9-26-11-13-33-14-12-26)23(29)21(19)22(25-24(28)30)18-15-17(31-2)6-7-20(18)32-3/h4,6-7,15,22H,1,5,8-14,16H2,2-3H3,(H,25,30)/t22-/m1/s1. The molecule has 3 aliphatic heterocycles. The average Bonchev–Trinajstić information content (AvgIpc) is 3.17. The summed E-state index contributed by atoms with van der Waals surface area (Å²) in [5.41, 5.74) is 2.00. The largest absolute Gasteiger partial charge is 0.497 e. The van der Waals surface area contributed by atoms with Crippen LogP contribution >= 0.6 is 0 Å². The zero-order chi connectivity index (χ0) is 23.4. The summed E-state index contributed by atoms with van der Waals surface area (Å²) in [6.07, 6.45) is 2.53. The molecule has 3 heterocycles. The molecule has 1 fully saturated rings. The molecule has 33 heavy (non-hydrogen) atoms. The normalized spacial score (nSPS) is 21.2. The zero-order valence-corrected chi connectivity index (χ0v) is 19.3. The first-order chi connectivity index (χ1) is 16.1. The molecular formula is C24H32N4O5. The van der Waals surface area contributed by atoms with Gasteiger partial charge < -0.3 is 24.4 Å². The van der Waals surface area contributed by atoms with Crippen molar-refractivity contribution in [2.24, 2.45) is 0 Å². The summed E-state index contributed by atoms with van der Waals surface area (Å²) in [4.78, 5) is 32.4. The number of methoxy groups -OCH3 is 2. The second kappa shape index (κ2) is 10.3. The smallest absolute Gasteiger partial charge is 0.322 e. The maximum Gasteiger partial charge on any atom is 0.322 e. The molecule has 4 rings (SSSR count). The quantitative estimate of drug-likeness (QED) is 0.571. The van der Waals surface area contributed by atoms with Gasteiger partial charge in [0.25, 0.3) is 5.91 Å². The fourth-order valence-corrected chi connectivity index (χ4v) is 4.66. The van der Waals surface area contributed by atoms with Gasteiger partial charge in [-0.05, 0) is 24.6 Å². The molecule has 9 heteroatoms. The molecule has 3 amide bonds. The van der Waals surface area contributed by atoms with Gasteiger partial charge in [0.2, 0.25) is 0 Å². The Kier molecular flexibility index (Phi) is 7.20. The zero-order valence-electron chi connectivity index (χ0n) is 19.3. The minimum Gasteiger partial charge on any atom is -0.497 e. The number of hydrogen-bond acceptors (Lipinski definition) is 6. The summed E-state index contributed by atoms with van der Waals surface area (Å²) in [7, 11) is 3.15. The Labute approximate surface area is 194 Å². The molecule has 178 valence electrons. The van der Waals surface area contributed by atoms with Gasteiger partial charge in [-0.1, -0.05) is 6.08 Å². The van der Waals surface area contributed by atoms with E-state index in [-0.39, 0.29) is 11.9 Å². The van der Waals surface area contributed by atoms with Crippen LogP contribution in [0.1, 0.15) is 18.0 Å². The second-order valence-corrected chi connectivity index (χ2v) is 8.28. The summed E-state index contributed by atoms with van der Waals surface area (Å²) >= 11 is 0. The van der Waals surface area contributed by atoms with Crippen LogP contribution in [0.15, 0.2) is 42.1 Å². The predicted octanol–water partition coefficient (Wildman–Crippen LogP) is 1.77. The van der Waals surface area contributed by atoms with Gasteiger partial charge >= 0.3 is 6.03 Å². The van der Waals surface area contributed by atoms with Crippen molar-refractivity contribution in [3.05, 3.63) is 47.7 Å². The molecule has 1 saturated heterocycles. The number of ether oxygens (including phenoxy) is 3. The van der Waals surface area contributed by atoms with Gasteiger partial charge in [-0.3, -0.25) is 14.6 Å². The van der Waals surface area contributed by atoms with Crippen molar-refractivity contribution in [3.63, 3.8) is 0 Å². The van der Waals surface area contributed by atoms with Crippen LogP contribution in [0.3, 0.4) is 0 Å². The number of carbonyl (C=O) groups excluding carboxylic acids is 2. The Morgan fingerprint density at radius 1 is 1.18 bits per heavy atom. The van der Waals surface area contributed by atoms with Crippen molar-refractivity contribution in [3.8, 4) is 11.5 Å². The molecule has 9 nitrogen and oxygen atoms in total. The number of nitrogens with zero attached hydrogens (tertiary/aromatic N) is 3. The van der Waals surface area contributed by atoms with E-state index >= 15 is 0 Å². The second-order valence-electron chi connectivity index (χ2n) is 8.28. The topological polar surface area (TPSA) is 83.6 Å². The van der Waals surface area contributed by atoms with Crippen LogP contribution in [0.5, 0.6) is 11.5 Å². The van der Waals surface area contributed by atoms with Crippen molar-refractivity contribution in [1.29, 1.82) is 0 Å². The Morgan fingerprint density at radius 3 is 2.67 bits per heavy atom. The van der Waals surface area contributed by atoms with Crippen LogP contribution < -0.4 is 14.8 Å². The first-order valence-electron chi connectivity index (χ1n) is 11.3. The van der Waals surface area contributed by atoms with Gasteiger partial charge in [0.05, 0.1) is 51.3 Å². The highest BCUT2D eigenvalue weighted by Crippen LogP contribution is 2.40. The van der Waals surface area contributed by atoms with Crippen LogP contribution in [-0.2, 0) is 9.53 Å². The van der Waals surface area contributed by atoms with Crippen molar-refractivity contribution in [2.75, 3.05) is 66.7 Å². The van der Waals surface area contributed by atoms with E-state index in [0.29, 0.717) is 42.3 Å². The highest BCUT2D eigenvalue weighted by atomic mass is 16.5. The lowest BCUT2D eigenvalue weighted by atomic mass is 9.94. The molecule has 0 saturated carbocycles. The van der Waals surface area contributed by atoms with Crippen molar-refractivity contribution < 1.29 is 23.8 Å². The lowest BCUT2D eigenvalue weighted by molar-refractivity contribution is -0.125. The van der Waals surface area contributed by atoms with Gasteiger partial charge in [0.15, 0.2) is 0 Å². The number of carbonyl (C=O) groups is 2. The van der Waals surface area contributed by atoms with Gasteiger partial charge in [-0.2, -0.15) is 0 Å². The molecule has 0 unspecified atom stereocenters. The summed E-state index contributed by atoms with van der Waals surface area (Å²) in [5, 5.41) is 3.00. The molecule has 1 N–H and O–H groups in total. The molecule has 0 radical (unpaired) electrons. The molecule has 3 aliphatic rings. The molecule has 1 aromatic rings. The first-order valence-corrected chi connectivity index (χ1v) is 11.3. The maximum atomic E-state index is 13.6. The highest BCUT2D eigenvalue weighted by molar-refractivity contribution is 6.01. The van der Waals surface area contributed by atoms with Crippen LogP contribution in [0, 0.1) is 0 Å². The highest BCUT2D eigenvalue weighted by Gasteiger charge is 2.44. The van der Waals surface area contributed by atoms with E-state index in [2.05, 4.69) is 16.8 Å². The van der Waals surface area contributed by atoms with Crippen molar-refractivity contribution in [1.82, 2.24) is 20.0 Å². The fourth-order valence-electron chi connectivity index (χ4n) is 4.66. The third kappa shape index (κ3) is 4.69.